The predicted octanol–water partition coefficient (Wildman–Crippen LogP) is 4.74. The molecule has 0 radical (unpaired) electrons. The van der Waals surface area contributed by atoms with E-state index in [9.17, 15) is 24.4 Å². The number of nitrogens with one attached hydrogen (secondary N) is 1. The highest BCUT2D eigenvalue weighted by Crippen LogP contribution is 2.52. The van der Waals surface area contributed by atoms with Crippen LogP contribution in [0.15, 0.2) is 89.9 Å². The number of esters is 1. The lowest BCUT2D eigenvalue weighted by molar-refractivity contribution is -0.148. The molecule has 0 saturated carbocycles. The number of nitrogens with zero attached hydrogens (tertiary/aromatic N) is 1. The Morgan fingerprint density at radius 3 is 2.57 bits per heavy atom. The molecule has 232 valence electrons. The number of aliphatic hydroxyl groups excluding tert-OH is 1. The topological polar surface area (TPSA) is 149 Å². The highest BCUT2D eigenvalue weighted by atomic mass is 32.1. The summed E-state index contributed by atoms with van der Waals surface area (Å²) in [5, 5.41) is 23.7. The largest absolute Gasteiger partial charge is 0.461 e. The molecule has 44 heavy (non-hydrogen) atoms. The van der Waals surface area contributed by atoms with Crippen LogP contribution in [-0.2, 0) is 30.0 Å². The molecule has 1 aliphatic rings. The van der Waals surface area contributed by atoms with Crippen LogP contribution in [0.25, 0.3) is 10.8 Å². The molecule has 11 nitrogen and oxygen atoms in total. The third-order valence-corrected chi connectivity index (χ3v) is 9.73. The molecule has 0 spiro atoms. The second kappa shape index (κ2) is 13.2. The number of aromatic amines is 1. The lowest BCUT2D eigenvalue weighted by atomic mass is 9.96. The summed E-state index contributed by atoms with van der Waals surface area (Å²) < 4.78 is 39.0. The van der Waals surface area contributed by atoms with E-state index >= 15 is 0 Å². The first-order valence-electron chi connectivity index (χ1n) is 14.0. The van der Waals surface area contributed by atoms with Crippen molar-refractivity contribution >= 4 is 36.6 Å². The summed E-state index contributed by atoms with van der Waals surface area (Å²) in [7, 11) is -4.13. The summed E-state index contributed by atoms with van der Waals surface area (Å²) in [6.07, 6.45) is -2.86. The Balaban J connectivity index is 1.36. The first kappa shape index (κ1) is 31.8. The smallest absolute Gasteiger partial charge is 0.380 e. The normalized spacial score (nSPS) is 23.6. The van der Waals surface area contributed by atoms with Crippen molar-refractivity contribution in [3.05, 3.63) is 106 Å². The minimum absolute atomic E-state index is 0.0238. The van der Waals surface area contributed by atoms with E-state index in [4.69, 9.17) is 30.7 Å². The van der Waals surface area contributed by atoms with E-state index in [1.165, 1.54) is 23.8 Å². The SMILES string of the molecule is C[C@H](CP(=O)(OC[C@H]1O[C@@H](n2ccc(=O)[nH]c2=S)C(C)(O)[C@H]1O)Oc1cccc2ccccc12)C(=O)OCc1ccccc1. The maximum Gasteiger partial charge on any atom is 0.380 e. The van der Waals surface area contributed by atoms with E-state index in [-0.39, 0.29) is 23.3 Å². The number of aliphatic hydroxyl groups is 2. The summed E-state index contributed by atoms with van der Waals surface area (Å²) in [6, 6.07) is 23.0. The maximum absolute atomic E-state index is 14.4. The Hall–Kier alpha value is -3.64. The van der Waals surface area contributed by atoms with Gasteiger partial charge in [-0.2, -0.15) is 0 Å². The minimum atomic E-state index is -4.13. The summed E-state index contributed by atoms with van der Waals surface area (Å²) in [5.74, 6) is -1.19. The van der Waals surface area contributed by atoms with Gasteiger partial charge in [-0.1, -0.05) is 73.7 Å². The Morgan fingerprint density at radius 2 is 1.82 bits per heavy atom. The van der Waals surface area contributed by atoms with Gasteiger partial charge in [0.05, 0.1) is 18.7 Å². The van der Waals surface area contributed by atoms with Gasteiger partial charge in [0.15, 0.2) is 11.0 Å². The van der Waals surface area contributed by atoms with Gasteiger partial charge in [0.2, 0.25) is 0 Å². The number of H-pyrrole nitrogens is 1. The summed E-state index contributed by atoms with van der Waals surface area (Å²) in [5.41, 5.74) is -1.50. The average molecular weight is 641 g/mol. The Bertz CT molecular complexity index is 1790. The van der Waals surface area contributed by atoms with Crippen LogP contribution in [0.4, 0.5) is 0 Å². The third-order valence-electron chi connectivity index (χ3n) is 7.40. The van der Waals surface area contributed by atoms with Crippen LogP contribution < -0.4 is 10.1 Å². The molecule has 0 aliphatic carbocycles. The number of aromatic nitrogens is 2. The van der Waals surface area contributed by atoms with E-state index < -0.39 is 55.7 Å². The molecule has 13 heteroatoms. The molecule has 0 bridgehead atoms. The van der Waals surface area contributed by atoms with Crippen LogP contribution in [0.3, 0.4) is 0 Å². The van der Waals surface area contributed by atoms with Crippen molar-refractivity contribution in [3.8, 4) is 5.75 Å². The summed E-state index contributed by atoms with van der Waals surface area (Å²) in [4.78, 5) is 27.0. The monoisotopic (exact) mass is 640 g/mol. The van der Waals surface area contributed by atoms with Gasteiger partial charge in [-0.3, -0.25) is 23.7 Å². The highest BCUT2D eigenvalue weighted by Gasteiger charge is 2.53. The third kappa shape index (κ3) is 7.02. The zero-order chi connectivity index (χ0) is 31.5. The molecule has 1 aromatic heterocycles. The molecule has 3 aromatic carbocycles. The van der Waals surface area contributed by atoms with Gasteiger partial charge in [-0.25, -0.2) is 4.57 Å². The van der Waals surface area contributed by atoms with Crippen molar-refractivity contribution in [2.45, 2.75) is 44.5 Å². The molecule has 1 saturated heterocycles. The van der Waals surface area contributed by atoms with Crippen molar-refractivity contribution in [2.75, 3.05) is 12.8 Å². The molecule has 5 rings (SSSR count). The van der Waals surface area contributed by atoms with Gasteiger partial charge in [-0.15, -0.1) is 0 Å². The number of hydrogen-bond donors (Lipinski definition) is 3. The van der Waals surface area contributed by atoms with E-state index in [2.05, 4.69) is 4.98 Å². The van der Waals surface area contributed by atoms with Crippen molar-refractivity contribution in [2.24, 2.45) is 5.92 Å². The van der Waals surface area contributed by atoms with E-state index in [0.717, 1.165) is 10.9 Å². The minimum Gasteiger partial charge on any atom is -0.461 e. The Morgan fingerprint density at radius 1 is 1.11 bits per heavy atom. The van der Waals surface area contributed by atoms with E-state index in [1.807, 2.05) is 60.7 Å². The van der Waals surface area contributed by atoms with Crippen LogP contribution in [0.5, 0.6) is 5.75 Å². The number of rotatable bonds is 11. The fraction of sp³-hybridized carbons (Fsp3) is 0.323. The van der Waals surface area contributed by atoms with Gasteiger partial charge in [0, 0.05) is 17.6 Å². The summed E-state index contributed by atoms with van der Waals surface area (Å²) in [6.45, 7) is 2.51. The van der Waals surface area contributed by atoms with Crippen LogP contribution >= 0.6 is 19.8 Å². The van der Waals surface area contributed by atoms with Crippen molar-refractivity contribution in [1.82, 2.24) is 9.55 Å². The van der Waals surface area contributed by atoms with E-state index in [1.54, 1.807) is 19.1 Å². The average Bonchev–Trinajstić information content (AvgIpc) is 3.23. The number of carbonyl (C=O) groups is 1. The van der Waals surface area contributed by atoms with Crippen molar-refractivity contribution in [3.63, 3.8) is 0 Å². The zero-order valence-electron chi connectivity index (χ0n) is 24.1. The molecule has 0 amide bonds. The van der Waals surface area contributed by atoms with Gasteiger partial charge < -0.3 is 24.2 Å². The fourth-order valence-electron chi connectivity index (χ4n) is 5.00. The van der Waals surface area contributed by atoms with Gasteiger partial charge in [-0.05, 0) is 36.2 Å². The molecule has 6 atom stereocenters. The molecular formula is C31H33N2O9PS. The molecular weight excluding hydrogens is 607 g/mol. The fourth-order valence-corrected chi connectivity index (χ4v) is 7.14. The second-order valence-corrected chi connectivity index (χ2v) is 13.3. The first-order valence-corrected chi connectivity index (χ1v) is 16.1. The van der Waals surface area contributed by atoms with Crippen LogP contribution in [-0.4, -0.2) is 56.3 Å². The van der Waals surface area contributed by atoms with Gasteiger partial charge in [0.25, 0.3) is 5.56 Å². The highest BCUT2D eigenvalue weighted by molar-refractivity contribution is 7.71. The van der Waals surface area contributed by atoms with Crippen LogP contribution in [0, 0.1) is 10.7 Å². The van der Waals surface area contributed by atoms with E-state index in [0.29, 0.717) is 5.39 Å². The Kier molecular flexibility index (Phi) is 9.50. The summed E-state index contributed by atoms with van der Waals surface area (Å²) >= 11 is 5.21. The lowest BCUT2D eigenvalue weighted by Crippen LogP contribution is -2.44. The standard InChI is InChI=1S/C31H33N2O9PS/c1-20(28(36)39-17-21-9-4-3-5-10-21)19-43(38,42-24-14-8-12-22-11-6-7-13-23(22)24)40-18-25-27(35)31(2,37)29(41-25)33-16-15-26(34)32-30(33)44/h3-16,20,25,27,29,35,37H,17-19H2,1-2H3,(H,32,34,44)/t20-,25-,27+,29-,31?,43?/m1/s1. The molecule has 1 aliphatic heterocycles. The quantitative estimate of drug-likeness (QED) is 0.119. The lowest BCUT2D eigenvalue weighted by Gasteiger charge is -2.28. The zero-order valence-corrected chi connectivity index (χ0v) is 25.8. The van der Waals surface area contributed by atoms with Crippen LogP contribution in [0.2, 0.25) is 0 Å². The number of benzene rings is 3. The number of hydrogen-bond acceptors (Lipinski definition) is 10. The van der Waals surface area contributed by atoms with Crippen molar-refractivity contribution < 1.29 is 38.1 Å². The second-order valence-electron chi connectivity index (χ2n) is 10.9. The Labute approximate surface area is 258 Å². The van der Waals surface area contributed by atoms with Gasteiger partial charge >= 0.3 is 13.6 Å². The first-order chi connectivity index (χ1) is 21.0. The molecule has 2 unspecified atom stereocenters. The van der Waals surface area contributed by atoms with Crippen LogP contribution in [0.1, 0.15) is 25.6 Å². The molecule has 4 aromatic rings. The predicted molar refractivity (Wildman–Crippen MR) is 165 cm³/mol. The molecule has 3 N–H and O–H groups in total. The number of fused-ring (bicyclic) bond motifs is 1. The van der Waals surface area contributed by atoms with Crippen molar-refractivity contribution in [1.29, 1.82) is 0 Å². The number of carbonyl (C=O) groups excluding carboxylic acids is 1. The van der Waals surface area contributed by atoms with Gasteiger partial charge in [0.1, 0.15) is 30.2 Å². The number of ether oxygens (including phenoxy) is 2. The maximum atomic E-state index is 14.4. The molecule has 1 fully saturated rings. The molecule has 2 heterocycles.